The summed E-state index contributed by atoms with van der Waals surface area (Å²) in [6.07, 6.45) is 1.99. The fourth-order valence-electron chi connectivity index (χ4n) is 2.35. The van der Waals surface area contributed by atoms with Crippen LogP contribution in [0.3, 0.4) is 0 Å². The van der Waals surface area contributed by atoms with Crippen molar-refractivity contribution in [3.8, 4) is 6.07 Å². The van der Waals surface area contributed by atoms with Gasteiger partial charge in [0.25, 0.3) is 0 Å². The second kappa shape index (κ2) is 7.04. The van der Waals surface area contributed by atoms with Crippen LogP contribution in [0.2, 0.25) is 0 Å². The molecule has 0 aliphatic carbocycles. The van der Waals surface area contributed by atoms with E-state index in [-0.39, 0.29) is 12.0 Å². The van der Waals surface area contributed by atoms with Crippen LogP contribution in [0.4, 0.5) is 5.69 Å². The predicted molar refractivity (Wildman–Crippen MR) is 76.1 cm³/mol. The van der Waals surface area contributed by atoms with E-state index in [1.54, 1.807) is 24.3 Å². The number of aliphatic hydroxyl groups excluding tert-OH is 1. The molecule has 1 saturated heterocycles. The zero-order chi connectivity index (χ0) is 14.4. The van der Waals surface area contributed by atoms with Crippen LogP contribution in [0.15, 0.2) is 24.3 Å². The number of β-amino-alcohol motifs (C(OH)–C–C–N with tert-alkyl or cyclic N) is 1. The van der Waals surface area contributed by atoms with E-state index in [0.717, 1.165) is 19.4 Å². The standard InChI is InChI=1S/C15H19N3O2/c16-10-12-3-5-13(6-4-12)17-15(20)7-9-18-8-1-2-14(19)11-18/h3-6,14,19H,1-2,7-9,11H2,(H,17,20). The van der Waals surface area contributed by atoms with Crippen LogP contribution in [0.5, 0.6) is 0 Å². The highest BCUT2D eigenvalue weighted by molar-refractivity contribution is 5.90. The number of aliphatic hydroxyl groups is 1. The second-order valence-corrected chi connectivity index (χ2v) is 5.08. The Hall–Kier alpha value is -1.90. The molecule has 1 aliphatic rings. The summed E-state index contributed by atoms with van der Waals surface area (Å²) in [6.45, 7) is 2.27. The molecule has 0 radical (unpaired) electrons. The minimum Gasteiger partial charge on any atom is -0.392 e. The van der Waals surface area contributed by atoms with Crippen LogP contribution in [0, 0.1) is 11.3 Å². The van der Waals surface area contributed by atoms with Crippen molar-refractivity contribution in [2.24, 2.45) is 0 Å². The van der Waals surface area contributed by atoms with Crippen molar-refractivity contribution in [2.45, 2.75) is 25.4 Å². The molecule has 1 aromatic carbocycles. The van der Waals surface area contributed by atoms with Crippen LogP contribution in [-0.4, -0.2) is 41.7 Å². The molecule has 1 heterocycles. The minimum atomic E-state index is -0.259. The van der Waals surface area contributed by atoms with Crippen molar-refractivity contribution < 1.29 is 9.90 Å². The largest absolute Gasteiger partial charge is 0.392 e. The van der Waals surface area contributed by atoms with Crippen molar-refractivity contribution in [1.82, 2.24) is 4.90 Å². The number of hydrogen-bond donors (Lipinski definition) is 2. The van der Waals surface area contributed by atoms with Gasteiger partial charge in [-0.1, -0.05) is 0 Å². The van der Waals surface area contributed by atoms with E-state index in [2.05, 4.69) is 10.2 Å². The highest BCUT2D eigenvalue weighted by atomic mass is 16.3. The Labute approximate surface area is 118 Å². The van der Waals surface area contributed by atoms with Crippen molar-refractivity contribution in [3.05, 3.63) is 29.8 Å². The summed E-state index contributed by atoms with van der Waals surface area (Å²) in [5.74, 6) is -0.0465. The Morgan fingerprint density at radius 3 is 2.85 bits per heavy atom. The Balaban J connectivity index is 1.76. The lowest BCUT2D eigenvalue weighted by Crippen LogP contribution is -2.39. The smallest absolute Gasteiger partial charge is 0.225 e. The van der Waals surface area contributed by atoms with Crippen LogP contribution >= 0.6 is 0 Å². The van der Waals surface area contributed by atoms with Crippen molar-refractivity contribution in [1.29, 1.82) is 5.26 Å². The fourth-order valence-corrected chi connectivity index (χ4v) is 2.35. The van der Waals surface area contributed by atoms with E-state index in [0.29, 0.717) is 30.8 Å². The van der Waals surface area contributed by atoms with E-state index in [1.165, 1.54) is 0 Å². The number of amides is 1. The van der Waals surface area contributed by atoms with Crippen molar-refractivity contribution >= 4 is 11.6 Å². The van der Waals surface area contributed by atoms with Gasteiger partial charge in [0.1, 0.15) is 0 Å². The average Bonchev–Trinajstić information content (AvgIpc) is 2.46. The van der Waals surface area contributed by atoms with E-state index < -0.39 is 0 Å². The summed E-state index contributed by atoms with van der Waals surface area (Å²) in [6, 6.07) is 8.84. The highest BCUT2D eigenvalue weighted by Crippen LogP contribution is 2.11. The van der Waals surface area contributed by atoms with E-state index in [4.69, 9.17) is 5.26 Å². The molecule has 1 unspecified atom stereocenters. The number of benzene rings is 1. The zero-order valence-corrected chi connectivity index (χ0v) is 11.4. The summed E-state index contributed by atoms with van der Waals surface area (Å²) in [5, 5.41) is 21.1. The topological polar surface area (TPSA) is 76.4 Å². The monoisotopic (exact) mass is 273 g/mol. The molecule has 1 amide bonds. The van der Waals surface area contributed by atoms with Gasteiger partial charge in [0.2, 0.25) is 5.91 Å². The van der Waals surface area contributed by atoms with Gasteiger partial charge in [0, 0.05) is 25.2 Å². The number of nitrogens with one attached hydrogen (secondary N) is 1. The lowest BCUT2D eigenvalue weighted by Gasteiger charge is -2.29. The third-order valence-electron chi connectivity index (χ3n) is 3.43. The first-order valence-electron chi connectivity index (χ1n) is 6.88. The molecule has 5 heteroatoms. The molecule has 1 fully saturated rings. The number of likely N-dealkylation sites (tertiary alicyclic amines) is 1. The number of rotatable bonds is 4. The molecule has 0 bridgehead atoms. The van der Waals surface area contributed by atoms with Gasteiger partial charge >= 0.3 is 0 Å². The molecule has 0 saturated carbocycles. The number of piperidine rings is 1. The Morgan fingerprint density at radius 2 is 2.20 bits per heavy atom. The van der Waals surface area contributed by atoms with Gasteiger partial charge in [-0.05, 0) is 43.7 Å². The number of anilines is 1. The summed E-state index contributed by atoms with van der Waals surface area (Å²) in [4.78, 5) is 13.9. The van der Waals surface area contributed by atoms with Crippen LogP contribution < -0.4 is 5.32 Å². The predicted octanol–water partition coefficient (Wildman–Crippen LogP) is 1.34. The summed E-state index contributed by atoms with van der Waals surface area (Å²) in [7, 11) is 0. The van der Waals surface area contributed by atoms with E-state index in [9.17, 15) is 9.90 Å². The molecule has 1 aromatic rings. The van der Waals surface area contributed by atoms with E-state index in [1.807, 2.05) is 6.07 Å². The van der Waals surface area contributed by atoms with Gasteiger partial charge in [0.05, 0.1) is 17.7 Å². The number of carbonyl (C=O) groups excluding carboxylic acids is 1. The molecule has 1 atom stereocenters. The number of carbonyl (C=O) groups is 1. The molecule has 0 spiro atoms. The Morgan fingerprint density at radius 1 is 1.45 bits per heavy atom. The van der Waals surface area contributed by atoms with Gasteiger partial charge in [-0.15, -0.1) is 0 Å². The van der Waals surface area contributed by atoms with Crippen molar-refractivity contribution in [2.75, 3.05) is 25.0 Å². The van der Waals surface area contributed by atoms with E-state index >= 15 is 0 Å². The third-order valence-corrected chi connectivity index (χ3v) is 3.43. The molecule has 5 nitrogen and oxygen atoms in total. The number of nitriles is 1. The summed E-state index contributed by atoms with van der Waals surface area (Å²) in [5.41, 5.74) is 1.28. The molecule has 2 rings (SSSR count). The third kappa shape index (κ3) is 4.34. The molecule has 2 N–H and O–H groups in total. The average molecular weight is 273 g/mol. The normalized spacial score (nSPS) is 19.3. The fraction of sp³-hybridized carbons (Fsp3) is 0.467. The van der Waals surface area contributed by atoms with Crippen LogP contribution in [0.1, 0.15) is 24.8 Å². The summed E-state index contributed by atoms with van der Waals surface area (Å²) >= 11 is 0. The first-order chi connectivity index (χ1) is 9.67. The first-order valence-corrected chi connectivity index (χ1v) is 6.88. The molecule has 106 valence electrons. The molecular formula is C15H19N3O2. The summed E-state index contributed by atoms with van der Waals surface area (Å²) < 4.78 is 0. The first kappa shape index (κ1) is 14.5. The maximum Gasteiger partial charge on any atom is 0.225 e. The molecule has 20 heavy (non-hydrogen) atoms. The maximum absolute atomic E-state index is 11.8. The Bertz CT molecular complexity index is 493. The van der Waals surface area contributed by atoms with Gasteiger partial charge in [-0.2, -0.15) is 5.26 Å². The van der Waals surface area contributed by atoms with Gasteiger partial charge in [0.15, 0.2) is 0 Å². The quantitative estimate of drug-likeness (QED) is 0.868. The van der Waals surface area contributed by atoms with Gasteiger partial charge < -0.3 is 15.3 Å². The lowest BCUT2D eigenvalue weighted by atomic mass is 10.1. The lowest BCUT2D eigenvalue weighted by molar-refractivity contribution is -0.116. The van der Waals surface area contributed by atoms with Crippen LogP contribution in [0.25, 0.3) is 0 Å². The SMILES string of the molecule is N#Cc1ccc(NC(=O)CCN2CCCC(O)C2)cc1. The van der Waals surface area contributed by atoms with Crippen molar-refractivity contribution in [3.63, 3.8) is 0 Å². The van der Waals surface area contributed by atoms with Crippen LogP contribution in [-0.2, 0) is 4.79 Å². The Kier molecular flexibility index (Phi) is 5.10. The zero-order valence-electron chi connectivity index (χ0n) is 11.4. The second-order valence-electron chi connectivity index (χ2n) is 5.08. The van der Waals surface area contributed by atoms with Gasteiger partial charge in [-0.3, -0.25) is 4.79 Å². The maximum atomic E-state index is 11.8. The minimum absolute atomic E-state index is 0.0465. The highest BCUT2D eigenvalue weighted by Gasteiger charge is 2.17. The molecule has 1 aliphatic heterocycles. The number of hydrogen-bond acceptors (Lipinski definition) is 4. The molecule has 0 aromatic heterocycles. The van der Waals surface area contributed by atoms with Gasteiger partial charge in [-0.25, -0.2) is 0 Å². The number of nitrogens with zero attached hydrogens (tertiary/aromatic N) is 2. The molecular weight excluding hydrogens is 254 g/mol.